The zero-order chi connectivity index (χ0) is 27.5. The molecule has 204 valence electrons. The summed E-state index contributed by atoms with van der Waals surface area (Å²) in [5.74, 6) is -0.101. The van der Waals surface area contributed by atoms with E-state index in [4.69, 9.17) is 9.15 Å². The van der Waals surface area contributed by atoms with Gasteiger partial charge in [-0.1, -0.05) is 35.4 Å². The molecule has 0 unspecified atom stereocenters. The van der Waals surface area contributed by atoms with Crippen LogP contribution >= 0.6 is 0 Å². The Hall–Kier alpha value is -3.35. The van der Waals surface area contributed by atoms with Crippen LogP contribution in [0.15, 0.2) is 68.9 Å². The molecule has 8 nitrogen and oxygen atoms in total. The van der Waals surface area contributed by atoms with E-state index >= 15 is 0 Å². The molecule has 0 bridgehead atoms. The molecule has 0 aliphatic carbocycles. The quantitative estimate of drug-likeness (QED) is 0.413. The molecule has 1 aliphatic heterocycles. The minimum atomic E-state index is -4.92. The third-order valence-electron chi connectivity index (χ3n) is 5.92. The first-order chi connectivity index (χ1) is 17.9. The standard InChI is InChI=1S/C26H27F3N2O6S/c1-18-10-19(2)12-20(11-18)16-36-25-17-35-22(14-24(25)32)15-30-6-8-31(9-7-30)38(33,34)23-5-3-4-21(13-23)37-26(27,28)29/h3-5,10-14,17H,6-9,15-16H2,1-2H3. The molecule has 1 saturated heterocycles. The third-order valence-corrected chi connectivity index (χ3v) is 7.81. The van der Waals surface area contributed by atoms with Crippen LogP contribution in [0.4, 0.5) is 13.2 Å². The fourth-order valence-corrected chi connectivity index (χ4v) is 5.73. The van der Waals surface area contributed by atoms with Gasteiger partial charge in [0.1, 0.15) is 24.4 Å². The Labute approximate surface area is 218 Å². The number of alkyl halides is 3. The first-order valence-corrected chi connectivity index (χ1v) is 13.2. The van der Waals surface area contributed by atoms with Crippen LogP contribution in [0.5, 0.6) is 11.5 Å². The minimum Gasteiger partial charge on any atom is -0.482 e. The van der Waals surface area contributed by atoms with Crippen molar-refractivity contribution >= 4 is 10.0 Å². The molecule has 4 rings (SSSR count). The van der Waals surface area contributed by atoms with E-state index in [-0.39, 0.29) is 42.3 Å². The van der Waals surface area contributed by atoms with E-state index in [9.17, 15) is 26.4 Å². The predicted octanol–water partition coefficient (Wildman–Crippen LogP) is 4.24. The number of benzene rings is 2. The van der Waals surface area contributed by atoms with Gasteiger partial charge in [0.05, 0.1) is 11.4 Å². The first-order valence-electron chi connectivity index (χ1n) is 11.8. The van der Waals surface area contributed by atoms with E-state index < -0.39 is 22.1 Å². The summed E-state index contributed by atoms with van der Waals surface area (Å²) >= 11 is 0. The van der Waals surface area contributed by atoms with Crippen molar-refractivity contribution in [1.82, 2.24) is 9.21 Å². The summed E-state index contributed by atoms with van der Waals surface area (Å²) in [4.78, 5) is 14.2. The first kappa shape index (κ1) is 27.7. The van der Waals surface area contributed by atoms with Crippen molar-refractivity contribution in [2.75, 3.05) is 26.2 Å². The lowest BCUT2D eigenvalue weighted by Gasteiger charge is -2.33. The highest BCUT2D eigenvalue weighted by Gasteiger charge is 2.33. The fraction of sp³-hybridized carbons (Fsp3) is 0.346. The molecule has 0 atom stereocenters. The van der Waals surface area contributed by atoms with E-state index in [1.807, 2.05) is 36.9 Å². The monoisotopic (exact) mass is 552 g/mol. The number of halogens is 3. The van der Waals surface area contributed by atoms with Crippen LogP contribution in [-0.2, 0) is 23.2 Å². The summed E-state index contributed by atoms with van der Waals surface area (Å²) in [5, 5.41) is 0. The lowest BCUT2D eigenvalue weighted by molar-refractivity contribution is -0.274. The largest absolute Gasteiger partial charge is 0.573 e. The number of hydrogen-bond acceptors (Lipinski definition) is 7. The van der Waals surface area contributed by atoms with Crippen LogP contribution in [0.3, 0.4) is 0 Å². The average Bonchev–Trinajstić information content (AvgIpc) is 2.82. The van der Waals surface area contributed by atoms with Gasteiger partial charge in [0.15, 0.2) is 0 Å². The topological polar surface area (TPSA) is 89.3 Å². The van der Waals surface area contributed by atoms with Crippen LogP contribution in [-0.4, -0.2) is 50.2 Å². The van der Waals surface area contributed by atoms with E-state index in [1.165, 1.54) is 28.8 Å². The summed E-state index contributed by atoms with van der Waals surface area (Å²) in [6.07, 6.45) is -3.65. The lowest BCUT2D eigenvalue weighted by Crippen LogP contribution is -2.48. The molecule has 0 amide bonds. The number of rotatable bonds is 8. The molecule has 2 aromatic carbocycles. The maximum Gasteiger partial charge on any atom is 0.573 e. The van der Waals surface area contributed by atoms with Gasteiger partial charge in [-0.2, -0.15) is 4.31 Å². The van der Waals surface area contributed by atoms with Gasteiger partial charge in [-0.15, -0.1) is 13.2 Å². The second-order valence-corrected chi connectivity index (χ2v) is 11.0. The van der Waals surface area contributed by atoms with E-state index in [2.05, 4.69) is 4.74 Å². The van der Waals surface area contributed by atoms with E-state index in [1.54, 1.807) is 0 Å². The van der Waals surface area contributed by atoms with Crippen molar-refractivity contribution in [2.45, 2.75) is 38.3 Å². The van der Waals surface area contributed by atoms with Gasteiger partial charge in [-0.25, -0.2) is 8.42 Å². The normalized spacial score (nSPS) is 15.4. The Morgan fingerprint density at radius 1 is 0.974 bits per heavy atom. The molecule has 1 aliphatic rings. The smallest absolute Gasteiger partial charge is 0.482 e. The lowest BCUT2D eigenvalue weighted by atomic mass is 10.1. The second kappa shape index (κ2) is 11.2. The molecule has 38 heavy (non-hydrogen) atoms. The Balaban J connectivity index is 1.33. The van der Waals surface area contributed by atoms with Gasteiger partial charge in [0, 0.05) is 38.3 Å². The van der Waals surface area contributed by atoms with Crippen LogP contribution < -0.4 is 14.9 Å². The number of nitrogens with zero attached hydrogens (tertiary/aromatic N) is 2. The molecule has 0 saturated carbocycles. The van der Waals surface area contributed by atoms with Crippen molar-refractivity contribution < 1.29 is 35.5 Å². The fourth-order valence-electron chi connectivity index (χ4n) is 4.27. The van der Waals surface area contributed by atoms with Crippen LogP contribution in [0.25, 0.3) is 0 Å². The molecule has 1 aromatic heterocycles. The number of ether oxygens (including phenoxy) is 2. The van der Waals surface area contributed by atoms with Crippen molar-refractivity contribution in [3.63, 3.8) is 0 Å². The van der Waals surface area contributed by atoms with Gasteiger partial charge in [-0.3, -0.25) is 9.69 Å². The van der Waals surface area contributed by atoms with Crippen LogP contribution in [0.2, 0.25) is 0 Å². The summed E-state index contributed by atoms with van der Waals surface area (Å²) in [7, 11) is -4.01. The van der Waals surface area contributed by atoms with Crippen molar-refractivity contribution in [3.8, 4) is 11.5 Å². The summed E-state index contributed by atoms with van der Waals surface area (Å²) in [5.41, 5.74) is 2.82. The molecule has 12 heteroatoms. The predicted molar refractivity (Wildman–Crippen MR) is 132 cm³/mol. The molecule has 1 fully saturated rings. The van der Waals surface area contributed by atoms with Crippen molar-refractivity contribution in [3.05, 3.63) is 87.5 Å². The second-order valence-electron chi connectivity index (χ2n) is 9.06. The molecule has 2 heterocycles. The number of sulfonamides is 1. The van der Waals surface area contributed by atoms with Crippen molar-refractivity contribution in [1.29, 1.82) is 0 Å². The van der Waals surface area contributed by atoms with Gasteiger partial charge < -0.3 is 13.9 Å². The maximum absolute atomic E-state index is 13.0. The zero-order valence-corrected chi connectivity index (χ0v) is 21.6. The Morgan fingerprint density at radius 2 is 1.66 bits per heavy atom. The number of piperazine rings is 1. The Morgan fingerprint density at radius 3 is 2.29 bits per heavy atom. The van der Waals surface area contributed by atoms with Gasteiger partial charge in [0.2, 0.25) is 21.2 Å². The van der Waals surface area contributed by atoms with Crippen LogP contribution in [0.1, 0.15) is 22.5 Å². The maximum atomic E-state index is 13.0. The molecule has 3 aromatic rings. The van der Waals surface area contributed by atoms with E-state index in [0.717, 1.165) is 28.8 Å². The molecule has 0 N–H and O–H groups in total. The van der Waals surface area contributed by atoms with Crippen LogP contribution in [0, 0.1) is 13.8 Å². The summed E-state index contributed by atoms with van der Waals surface area (Å²) < 4.78 is 79.7. The number of aryl methyl sites for hydroxylation is 2. The van der Waals surface area contributed by atoms with Gasteiger partial charge in [0.25, 0.3) is 0 Å². The molecule has 0 spiro atoms. The van der Waals surface area contributed by atoms with E-state index in [0.29, 0.717) is 18.8 Å². The summed E-state index contributed by atoms with van der Waals surface area (Å²) in [6, 6.07) is 11.7. The Bertz CT molecular complexity index is 1430. The summed E-state index contributed by atoms with van der Waals surface area (Å²) in [6.45, 7) is 5.41. The van der Waals surface area contributed by atoms with Crippen molar-refractivity contribution in [2.24, 2.45) is 0 Å². The highest BCUT2D eigenvalue weighted by atomic mass is 32.2. The highest BCUT2D eigenvalue weighted by Crippen LogP contribution is 2.27. The molecule has 0 radical (unpaired) electrons. The SMILES string of the molecule is Cc1cc(C)cc(COc2coc(CN3CCN(S(=O)(=O)c4cccc(OC(F)(F)F)c4)CC3)cc2=O)c1. The average molecular weight is 553 g/mol. The number of hydrogen-bond donors (Lipinski definition) is 0. The Kier molecular flexibility index (Phi) is 8.14. The highest BCUT2D eigenvalue weighted by molar-refractivity contribution is 7.89. The van der Waals surface area contributed by atoms with Gasteiger partial charge in [-0.05, 0) is 31.5 Å². The van der Waals surface area contributed by atoms with Gasteiger partial charge >= 0.3 is 6.36 Å². The minimum absolute atomic E-state index is 0.0977. The molecular weight excluding hydrogens is 525 g/mol. The molecular formula is C26H27F3N2O6S. The third kappa shape index (κ3) is 7.15. The zero-order valence-electron chi connectivity index (χ0n) is 20.8.